The molecule has 1 aromatic heterocycles. The Morgan fingerprint density at radius 3 is 2.69 bits per heavy atom. The van der Waals surface area contributed by atoms with Crippen molar-refractivity contribution in [1.82, 2.24) is 19.8 Å². The summed E-state index contributed by atoms with van der Waals surface area (Å²) in [5.74, 6) is 0.414. The number of rotatable bonds is 3. The first-order valence-electron chi connectivity index (χ1n) is 10.2. The molecule has 1 aromatic carbocycles. The molecular formula is C22H29N5O2. The average Bonchev–Trinajstić information content (AvgIpc) is 2.71. The molecule has 2 N–H and O–H groups in total. The number of aryl methyl sites for hydroxylation is 1. The number of hydrogen-bond donors (Lipinski definition) is 1. The number of amides is 1. The van der Waals surface area contributed by atoms with Gasteiger partial charge in [-0.3, -0.25) is 9.69 Å². The van der Waals surface area contributed by atoms with Gasteiger partial charge in [-0.2, -0.15) is 0 Å². The van der Waals surface area contributed by atoms with Gasteiger partial charge in [-0.1, -0.05) is 24.3 Å². The molecule has 4 rings (SSSR count). The second-order valence-corrected chi connectivity index (χ2v) is 8.24. The third-order valence-electron chi connectivity index (χ3n) is 6.18. The van der Waals surface area contributed by atoms with Crippen LogP contribution in [0.5, 0.6) is 0 Å². The monoisotopic (exact) mass is 395 g/mol. The Kier molecular flexibility index (Phi) is 5.27. The van der Waals surface area contributed by atoms with E-state index in [1.165, 1.54) is 0 Å². The summed E-state index contributed by atoms with van der Waals surface area (Å²) < 4.78 is 6.23. The molecule has 2 aliphatic heterocycles. The number of likely N-dealkylation sites (tertiary alicyclic amines) is 1. The highest BCUT2D eigenvalue weighted by Gasteiger charge is 2.44. The van der Waals surface area contributed by atoms with Crippen molar-refractivity contribution < 1.29 is 9.53 Å². The highest BCUT2D eigenvalue weighted by molar-refractivity contribution is 5.83. The first kappa shape index (κ1) is 19.8. The summed E-state index contributed by atoms with van der Waals surface area (Å²) in [6.07, 6.45) is 4.06. The first-order valence-corrected chi connectivity index (χ1v) is 10.2. The summed E-state index contributed by atoms with van der Waals surface area (Å²) in [6, 6.07) is 7.81. The van der Waals surface area contributed by atoms with E-state index in [-0.39, 0.29) is 17.9 Å². The number of nitrogen functional groups attached to an aromatic ring is 1. The third kappa shape index (κ3) is 3.60. The molecular weight excluding hydrogens is 366 g/mol. The maximum Gasteiger partial charge on any atom is 0.244 e. The number of piperidine rings is 1. The molecule has 29 heavy (non-hydrogen) atoms. The van der Waals surface area contributed by atoms with Crippen LogP contribution in [0.3, 0.4) is 0 Å². The van der Waals surface area contributed by atoms with Gasteiger partial charge in [0.05, 0.1) is 12.3 Å². The molecule has 2 aromatic rings. The van der Waals surface area contributed by atoms with Crippen LogP contribution in [0.1, 0.15) is 41.3 Å². The molecule has 0 radical (unpaired) electrons. The Labute approximate surface area is 171 Å². The fourth-order valence-electron chi connectivity index (χ4n) is 4.59. The van der Waals surface area contributed by atoms with Crippen LogP contribution in [0.4, 0.5) is 5.95 Å². The maximum absolute atomic E-state index is 13.5. The molecule has 2 aliphatic rings. The lowest BCUT2D eigenvalue weighted by Crippen LogP contribution is -2.51. The van der Waals surface area contributed by atoms with Gasteiger partial charge in [0.15, 0.2) is 0 Å². The minimum atomic E-state index is -0.461. The van der Waals surface area contributed by atoms with Crippen LogP contribution in [-0.4, -0.2) is 59.5 Å². The number of benzene rings is 1. The van der Waals surface area contributed by atoms with Gasteiger partial charge >= 0.3 is 0 Å². The van der Waals surface area contributed by atoms with E-state index in [1.54, 1.807) is 0 Å². The molecule has 0 aliphatic carbocycles. The van der Waals surface area contributed by atoms with Crippen molar-refractivity contribution in [1.29, 1.82) is 0 Å². The van der Waals surface area contributed by atoms with Gasteiger partial charge < -0.3 is 15.4 Å². The largest absolute Gasteiger partial charge is 0.368 e. The molecule has 7 nitrogen and oxygen atoms in total. The smallest absolute Gasteiger partial charge is 0.244 e. The minimum Gasteiger partial charge on any atom is -0.368 e. The number of aromatic nitrogens is 2. The Hall–Kier alpha value is -2.51. The molecule has 0 saturated carbocycles. The normalized spacial score (nSPS) is 19.2. The van der Waals surface area contributed by atoms with Gasteiger partial charge in [0.25, 0.3) is 0 Å². The summed E-state index contributed by atoms with van der Waals surface area (Å²) >= 11 is 0. The quantitative estimate of drug-likeness (QED) is 0.856. The van der Waals surface area contributed by atoms with Gasteiger partial charge in [0.1, 0.15) is 11.6 Å². The molecule has 7 heteroatoms. The second kappa shape index (κ2) is 7.72. The van der Waals surface area contributed by atoms with Crippen LogP contribution in [0.25, 0.3) is 0 Å². The summed E-state index contributed by atoms with van der Waals surface area (Å²) in [4.78, 5) is 26.1. The Morgan fingerprint density at radius 2 is 2.00 bits per heavy atom. The molecule has 3 heterocycles. The predicted molar refractivity (Wildman–Crippen MR) is 111 cm³/mol. The maximum atomic E-state index is 13.5. The van der Waals surface area contributed by atoms with Crippen LogP contribution in [0.15, 0.2) is 30.5 Å². The van der Waals surface area contributed by atoms with Gasteiger partial charge in [-0.15, -0.1) is 0 Å². The van der Waals surface area contributed by atoms with Crippen LogP contribution >= 0.6 is 0 Å². The van der Waals surface area contributed by atoms with Gasteiger partial charge in [0, 0.05) is 19.3 Å². The molecule has 1 unspecified atom stereocenters. The zero-order valence-electron chi connectivity index (χ0n) is 17.4. The summed E-state index contributed by atoms with van der Waals surface area (Å²) in [7, 11) is 3.92. The molecule has 1 amide bonds. The number of carbonyl (C=O) groups excluding carboxylic acids is 1. The molecule has 0 bridgehead atoms. The molecule has 1 fully saturated rings. The Bertz CT molecular complexity index is 906. The lowest BCUT2D eigenvalue weighted by molar-refractivity contribution is -0.146. The van der Waals surface area contributed by atoms with E-state index in [0.29, 0.717) is 19.7 Å². The summed E-state index contributed by atoms with van der Waals surface area (Å²) in [5.41, 5.74) is 9.59. The number of nitrogens with zero attached hydrogens (tertiary/aromatic N) is 4. The molecule has 1 saturated heterocycles. The topological polar surface area (TPSA) is 84.6 Å². The summed E-state index contributed by atoms with van der Waals surface area (Å²) in [5, 5.41) is 0. The van der Waals surface area contributed by atoms with Crippen LogP contribution in [0.2, 0.25) is 0 Å². The van der Waals surface area contributed by atoms with Gasteiger partial charge in [-0.05, 0) is 57.0 Å². The van der Waals surface area contributed by atoms with Crippen LogP contribution in [0, 0.1) is 6.92 Å². The fourth-order valence-corrected chi connectivity index (χ4v) is 4.59. The van der Waals surface area contributed by atoms with E-state index in [1.807, 2.05) is 48.3 Å². The summed E-state index contributed by atoms with van der Waals surface area (Å²) in [6.45, 7) is 3.98. The zero-order valence-corrected chi connectivity index (χ0v) is 17.4. The number of carbonyl (C=O) groups is 1. The molecule has 1 spiro atoms. The van der Waals surface area contributed by atoms with Crippen molar-refractivity contribution in [2.75, 3.05) is 39.5 Å². The van der Waals surface area contributed by atoms with Crippen molar-refractivity contribution in [2.45, 2.75) is 37.8 Å². The van der Waals surface area contributed by atoms with E-state index < -0.39 is 5.60 Å². The average molecular weight is 396 g/mol. The Morgan fingerprint density at radius 1 is 1.28 bits per heavy atom. The van der Waals surface area contributed by atoms with E-state index in [2.05, 4.69) is 23.0 Å². The number of nitrogens with two attached hydrogens (primary N) is 1. The number of likely N-dealkylation sites (N-methyl/N-ethyl adjacent to an activating group) is 1. The molecule has 1 atom stereocenters. The fraction of sp³-hybridized carbons (Fsp3) is 0.500. The highest BCUT2D eigenvalue weighted by Crippen LogP contribution is 2.41. The van der Waals surface area contributed by atoms with Gasteiger partial charge in [-0.25, -0.2) is 9.97 Å². The van der Waals surface area contributed by atoms with Crippen molar-refractivity contribution in [3.05, 3.63) is 52.8 Å². The minimum absolute atomic E-state index is 0.136. The Balaban J connectivity index is 1.55. The second-order valence-electron chi connectivity index (χ2n) is 8.24. The van der Waals surface area contributed by atoms with E-state index >= 15 is 0 Å². The van der Waals surface area contributed by atoms with E-state index in [0.717, 1.165) is 41.6 Å². The van der Waals surface area contributed by atoms with E-state index in [9.17, 15) is 4.79 Å². The van der Waals surface area contributed by atoms with Gasteiger partial charge in [0.2, 0.25) is 11.9 Å². The molecule has 154 valence electrons. The number of ether oxygens (including phenoxy) is 1. The van der Waals surface area contributed by atoms with Crippen LogP contribution < -0.4 is 5.73 Å². The van der Waals surface area contributed by atoms with Crippen LogP contribution in [-0.2, 0) is 21.6 Å². The van der Waals surface area contributed by atoms with Crippen molar-refractivity contribution in [3.63, 3.8) is 0 Å². The lowest BCUT2D eigenvalue weighted by Gasteiger charge is -2.45. The lowest BCUT2D eigenvalue weighted by atomic mass is 9.83. The zero-order chi connectivity index (χ0) is 20.6. The number of anilines is 1. The third-order valence-corrected chi connectivity index (χ3v) is 6.18. The predicted octanol–water partition coefficient (Wildman–Crippen LogP) is 2.06. The standard InChI is InChI=1S/C22H29N5O2/c1-15-6-4-5-7-17(15)18(26(2)3)20(28)27-11-9-22(10-12-27)19-16(8-13-29-22)14-24-21(23)25-19/h4-7,14,18H,8-13H2,1-3H3,(H2,23,24,25). The first-order chi connectivity index (χ1) is 13.9. The number of fused-ring (bicyclic) bond motifs is 2. The highest BCUT2D eigenvalue weighted by atomic mass is 16.5. The van der Waals surface area contributed by atoms with Crippen molar-refractivity contribution >= 4 is 11.9 Å². The SMILES string of the molecule is Cc1ccccc1C(C(=O)N1CCC2(CC1)OCCc1cnc(N)nc12)N(C)C. The van der Waals surface area contributed by atoms with Crippen molar-refractivity contribution in [3.8, 4) is 0 Å². The van der Waals surface area contributed by atoms with Crippen molar-refractivity contribution in [2.24, 2.45) is 0 Å². The number of hydrogen-bond acceptors (Lipinski definition) is 6. The van der Waals surface area contributed by atoms with E-state index in [4.69, 9.17) is 10.5 Å².